The molecule has 0 spiro atoms. The van der Waals surface area contributed by atoms with Gasteiger partial charge in [-0.2, -0.15) is 0 Å². The summed E-state index contributed by atoms with van der Waals surface area (Å²) in [7, 11) is 0. The van der Waals surface area contributed by atoms with Crippen LogP contribution in [0.3, 0.4) is 0 Å². The molecule has 1 aromatic carbocycles. The Morgan fingerprint density at radius 1 is 1.35 bits per heavy atom. The highest BCUT2D eigenvalue weighted by atomic mass is 79.9. The number of anilines is 1. The maximum atomic E-state index is 13.1. The standard InChI is InChI=1S/C14H15BrFNO3/c1-7-4-9(10(5-7)14(19)20)13(18)17-8-2-3-12(16)11(15)6-8/h2-3,6-7,9-10H,4-5H2,1H3,(H,17,18)(H,19,20). The largest absolute Gasteiger partial charge is 0.481 e. The topological polar surface area (TPSA) is 66.4 Å². The molecular weight excluding hydrogens is 329 g/mol. The van der Waals surface area contributed by atoms with Crippen molar-refractivity contribution in [1.29, 1.82) is 0 Å². The molecule has 1 aliphatic carbocycles. The molecule has 4 nitrogen and oxygen atoms in total. The van der Waals surface area contributed by atoms with Gasteiger partial charge in [-0.3, -0.25) is 9.59 Å². The molecule has 1 amide bonds. The molecule has 1 aromatic rings. The van der Waals surface area contributed by atoms with E-state index in [0.29, 0.717) is 18.5 Å². The third kappa shape index (κ3) is 3.17. The van der Waals surface area contributed by atoms with Crippen LogP contribution in [0.4, 0.5) is 10.1 Å². The van der Waals surface area contributed by atoms with Gasteiger partial charge in [0.1, 0.15) is 5.82 Å². The molecule has 2 N–H and O–H groups in total. The first-order chi connectivity index (χ1) is 9.38. The second-order valence-electron chi connectivity index (χ2n) is 5.25. The second-order valence-corrected chi connectivity index (χ2v) is 6.10. The predicted molar refractivity (Wildman–Crippen MR) is 75.7 cm³/mol. The quantitative estimate of drug-likeness (QED) is 0.884. The number of carbonyl (C=O) groups excluding carboxylic acids is 1. The van der Waals surface area contributed by atoms with Crippen molar-refractivity contribution in [2.24, 2.45) is 17.8 Å². The fourth-order valence-electron chi connectivity index (χ4n) is 2.66. The Morgan fingerprint density at radius 3 is 2.60 bits per heavy atom. The zero-order valence-electron chi connectivity index (χ0n) is 10.9. The number of halogens is 2. The number of carboxylic acid groups (broad SMARTS) is 1. The molecule has 0 saturated heterocycles. The normalized spacial score (nSPS) is 25.4. The van der Waals surface area contributed by atoms with Crippen LogP contribution in [0.2, 0.25) is 0 Å². The summed E-state index contributed by atoms with van der Waals surface area (Å²) in [6, 6.07) is 4.15. The van der Waals surface area contributed by atoms with Gasteiger partial charge in [0, 0.05) is 5.69 Å². The van der Waals surface area contributed by atoms with Gasteiger partial charge in [0.2, 0.25) is 5.91 Å². The van der Waals surface area contributed by atoms with E-state index >= 15 is 0 Å². The van der Waals surface area contributed by atoms with E-state index in [9.17, 15) is 14.0 Å². The molecule has 3 unspecified atom stereocenters. The van der Waals surface area contributed by atoms with E-state index in [1.807, 2.05) is 6.92 Å². The van der Waals surface area contributed by atoms with E-state index in [2.05, 4.69) is 21.2 Å². The summed E-state index contributed by atoms with van der Waals surface area (Å²) in [6.07, 6.45) is 1.08. The molecule has 1 fully saturated rings. The van der Waals surface area contributed by atoms with E-state index < -0.39 is 23.6 Å². The highest BCUT2D eigenvalue weighted by molar-refractivity contribution is 9.10. The number of aliphatic carboxylic acids is 1. The fraction of sp³-hybridized carbons (Fsp3) is 0.429. The van der Waals surface area contributed by atoms with Crippen LogP contribution < -0.4 is 5.32 Å². The SMILES string of the molecule is CC1CC(C(=O)O)C(C(=O)Nc2ccc(F)c(Br)c2)C1. The Morgan fingerprint density at radius 2 is 2.00 bits per heavy atom. The number of nitrogens with one attached hydrogen (secondary N) is 1. The summed E-state index contributed by atoms with van der Waals surface area (Å²) in [6.45, 7) is 1.94. The maximum Gasteiger partial charge on any atom is 0.307 e. The number of hydrogen-bond acceptors (Lipinski definition) is 2. The minimum atomic E-state index is -0.935. The molecular formula is C14H15BrFNO3. The lowest BCUT2D eigenvalue weighted by atomic mass is 9.95. The van der Waals surface area contributed by atoms with Gasteiger partial charge < -0.3 is 10.4 Å². The summed E-state index contributed by atoms with van der Waals surface area (Å²) in [4.78, 5) is 23.4. The molecule has 6 heteroatoms. The van der Waals surface area contributed by atoms with E-state index in [-0.39, 0.29) is 16.3 Å². The highest BCUT2D eigenvalue weighted by Crippen LogP contribution is 2.37. The second kappa shape index (κ2) is 5.91. The van der Waals surface area contributed by atoms with Gasteiger partial charge >= 0.3 is 5.97 Å². The summed E-state index contributed by atoms with van der Waals surface area (Å²) in [5, 5.41) is 11.8. The maximum absolute atomic E-state index is 13.1. The summed E-state index contributed by atoms with van der Waals surface area (Å²) in [5.41, 5.74) is 0.451. The minimum Gasteiger partial charge on any atom is -0.481 e. The van der Waals surface area contributed by atoms with Crippen LogP contribution in [0.25, 0.3) is 0 Å². The first-order valence-corrected chi connectivity index (χ1v) is 7.16. The van der Waals surface area contributed by atoms with E-state index in [4.69, 9.17) is 5.11 Å². The molecule has 0 bridgehead atoms. The molecule has 2 rings (SSSR count). The Hall–Kier alpha value is -1.43. The van der Waals surface area contributed by atoms with Crippen molar-refractivity contribution >= 4 is 33.5 Å². The molecule has 1 aliphatic rings. The Balaban J connectivity index is 2.11. The van der Waals surface area contributed by atoms with Gasteiger partial charge in [-0.05, 0) is 52.9 Å². The molecule has 0 aliphatic heterocycles. The van der Waals surface area contributed by atoms with E-state index in [1.165, 1.54) is 18.2 Å². The lowest BCUT2D eigenvalue weighted by molar-refractivity contribution is -0.145. The van der Waals surface area contributed by atoms with Gasteiger partial charge in [0.25, 0.3) is 0 Å². The molecule has 0 radical (unpaired) electrons. The molecule has 0 aromatic heterocycles. The van der Waals surface area contributed by atoms with Crippen LogP contribution in [0, 0.1) is 23.6 Å². The Labute approximate surface area is 124 Å². The van der Waals surface area contributed by atoms with Crippen molar-refractivity contribution in [1.82, 2.24) is 0 Å². The number of carbonyl (C=O) groups is 2. The number of benzene rings is 1. The lowest BCUT2D eigenvalue weighted by Crippen LogP contribution is -2.30. The van der Waals surface area contributed by atoms with Crippen molar-refractivity contribution in [3.05, 3.63) is 28.5 Å². The number of hydrogen-bond donors (Lipinski definition) is 2. The molecule has 108 valence electrons. The average Bonchev–Trinajstić information content (AvgIpc) is 2.76. The smallest absolute Gasteiger partial charge is 0.307 e. The molecule has 3 atom stereocenters. The predicted octanol–water partition coefficient (Wildman–Crippen LogP) is 3.27. The van der Waals surface area contributed by atoms with Crippen LogP contribution in [0.5, 0.6) is 0 Å². The van der Waals surface area contributed by atoms with Crippen LogP contribution in [-0.4, -0.2) is 17.0 Å². The average molecular weight is 344 g/mol. The van der Waals surface area contributed by atoms with Gasteiger partial charge in [-0.25, -0.2) is 4.39 Å². The van der Waals surface area contributed by atoms with Crippen molar-refractivity contribution in [3.8, 4) is 0 Å². The molecule has 20 heavy (non-hydrogen) atoms. The molecule has 0 heterocycles. The van der Waals surface area contributed by atoms with Gasteiger partial charge in [-0.15, -0.1) is 0 Å². The summed E-state index contributed by atoms with van der Waals surface area (Å²) in [5.74, 6) is -2.64. The van der Waals surface area contributed by atoms with Crippen molar-refractivity contribution < 1.29 is 19.1 Å². The van der Waals surface area contributed by atoms with Crippen molar-refractivity contribution in [2.45, 2.75) is 19.8 Å². The van der Waals surface area contributed by atoms with Crippen LogP contribution >= 0.6 is 15.9 Å². The third-order valence-corrected chi connectivity index (χ3v) is 4.25. The van der Waals surface area contributed by atoms with Crippen molar-refractivity contribution in [3.63, 3.8) is 0 Å². The lowest BCUT2D eigenvalue weighted by Gasteiger charge is -2.15. The zero-order chi connectivity index (χ0) is 14.9. The van der Waals surface area contributed by atoms with E-state index in [1.54, 1.807) is 0 Å². The zero-order valence-corrected chi connectivity index (χ0v) is 12.5. The van der Waals surface area contributed by atoms with Crippen LogP contribution in [-0.2, 0) is 9.59 Å². The summed E-state index contributed by atoms with van der Waals surface area (Å²) < 4.78 is 13.4. The molecule has 1 saturated carbocycles. The minimum absolute atomic E-state index is 0.215. The number of rotatable bonds is 3. The van der Waals surface area contributed by atoms with Gasteiger partial charge in [-0.1, -0.05) is 6.92 Å². The van der Waals surface area contributed by atoms with Gasteiger partial charge in [0.15, 0.2) is 0 Å². The van der Waals surface area contributed by atoms with Crippen LogP contribution in [0.1, 0.15) is 19.8 Å². The third-order valence-electron chi connectivity index (χ3n) is 3.64. The monoisotopic (exact) mass is 343 g/mol. The summed E-state index contributed by atoms with van der Waals surface area (Å²) >= 11 is 3.04. The van der Waals surface area contributed by atoms with Crippen molar-refractivity contribution in [2.75, 3.05) is 5.32 Å². The fourth-order valence-corrected chi connectivity index (χ4v) is 3.04. The number of amides is 1. The first kappa shape index (κ1) is 15.0. The highest BCUT2D eigenvalue weighted by Gasteiger charge is 2.41. The number of carboxylic acids is 1. The van der Waals surface area contributed by atoms with Gasteiger partial charge in [0.05, 0.1) is 16.3 Å². The Bertz CT molecular complexity index is 549. The first-order valence-electron chi connectivity index (χ1n) is 6.37. The van der Waals surface area contributed by atoms with Crippen LogP contribution in [0.15, 0.2) is 22.7 Å². The Kier molecular flexibility index (Phi) is 4.42. The van der Waals surface area contributed by atoms with E-state index in [0.717, 1.165) is 0 Å².